The number of rotatable bonds is 0. The maximum Gasteiger partial charge on any atom is 0.0638 e. The quantitative estimate of drug-likeness (QED) is 0.643. The number of benzene rings is 1. The number of nitrogens with two attached hydrogens (primary N) is 1. The van der Waals surface area contributed by atoms with Crippen molar-refractivity contribution in [3.8, 4) is 0 Å². The first-order valence-electron chi connectivity index (χ1n) is 4.42. The molecule has 0 amide bonds. The number of nitrogen functional groups attached to an aromatic ring is 1. The van der Waals surface area contributed by atoms with E-state index in [1.807, 2.05) is 12.1 Å². The smallest absolute Gasteiger partial charge is 0.0638 e. The molecule has 0 radical (unpaired) electrons. The second-order valence-corrected chi connectivity index (χ2v) is 4.04. The number of halogens is 1. The number of hydrogen-bond donors (Lipinski definition) is 1. The van der Waals surface area contributed by atoms with Crippen LogP contribution in [-0.4, -0.2) is 18.5 Å². The molecule has 0 atom stereocenters. The molecule has 2 N–H and O–H groups in total. The summed E-state index contributed by atoms with van der Waals surface area (Å²) in [5, 5.41) is 0.675. The summed E-state index contributed by atoms with van der Waals surface area (Å²) in [5.41, 5.74) is 9.09. The molecule has 0 bridgehead atoms. The van der Waals surface area contributed by atoms with Crippen LogP contribution in [0.4, 0.5) is 5.69 Å². The van der Waals surface area contributed by atoms with Gasteiger partial charge in [-0.15, -0.1) is 0 Å². The molecule has 0 unspecified atom stereocenters. The van der Waals surface area contributed by atoms with E-state index in [-0.39, 0.29) is 0 Å². The van der Waals surface area contributed by atoms with Crippen LogP contribution in [0.1, 0.15) is 11.1 Å². The molecule has 0 spiro atoms. The summed E-state index contributed by atoms with van der Waals surface area (Å²) in [4.78, 5) is 2.29. The third-order valence-electron chi connectivity index (χ3n) is 2.52. The van der Waals surface area contributed by atoms with E-state index in [9.17, 15) is 0 Å². The van der Waals surface area contributed by atoms with Crippen molar-refractivity contribution in [3.63, 3.8) is 0 Å². The van der Waals surface area contributed by atoms with Gasteiger partial charge < -0.3 is 10.6 Å². The minimum Gasteiger partial charge on any atom is -0.398 e. The van der Waals surface area contributed by atoms with Crippen molar-refractivity contribution in [2.24, 2.45) is 0 Å². The maximum atomic E-state index is 5.95. The molecule has 2 rings (SSSR count). The Kier molecular flexibility index (Phi) is 2.18. The second-order valence-electron chi connectivity index (χ2n) is 3.63. The number of hydrogen-bond acceptors (Lipinski definition) is 2. The Bertz CT molecular complexity index is 336. The Morgan fingerprint density at radius 2 is 2.15 bits per heavy atom. The standard InChI is InChI=1S/C10H13ClN2/c1-13-3-2-7-5-10(12)9(11)4-8(7)6-13/h4-5H,2-3,6,12H2,1H3. The van der Waals surface area contributed by atoms with Crippen LogP contribution in [-0.2, 0) is 13.0 Å². The molecule has 1 aliphatic rings. The van der Waals surface area contributed by atoms with Gasteiger partial charge in [0.15, 0.2) is 0 Å². The third kappa shape index (κ3) is 1.64. The predicted octanol–water partition coefficient (Wildman–Crippen LogP) is 1.91. The van der Waals surface area contributed by atoms with Crippen LogP contribution in [0.3, 0.4) is 0 Å². The van der Waals surface area contributed by atoms with Crippen molar-refractivity contribution >= 4 is 17.3 Å². The maximum absolute atomic E-state index is 5.95. The fourth-order valence-electron chi connectivity index (χ4n) is 1.74. The highest BCUT2D eigenvalue weighted by Gasteiger charge is 2.14. The van der Waals surface area contributed by atoms with Gasteiger partial charge in [0, 0.05) is 13.1 Å². The molecular weight excluding hydrogens is 184 g/mol. The van der Waals surface area contributed by atoms with Crippen LogP contribution in [0.15, 0.2) is 12.1 Å². The summed E-state index contributed by atoms with van der Waals surface area (Å²) in [6, 6.07) is 3.99. The first kappa shape index (κ1) is 8.85. The summed E-state index contributed by atoms with van der Waals surface area (Å²) in [7, 11) is 2.12. The number of fused-ring (bicyclic) bond motifs is 1. The lowest BCUT2D eigenvalue weighted by Gasteiger charge is -2.25. The van der Waals surface area contributed by atoms with Crippen molar-refractivity contribution < 1.29 is 0 Å². The van der Waals surface area contributed by atoms with Gasteiger partial charge in [0.05, 0.1) is 10.7 Å². The fourth-order valence-corrected chi connectivity index (χ4v) is 1.93. The number of nitrogens with zero attached hydrogens (tertiary/aromatic N) is 1. The molecule has 70 valence electrons. The molecule has 1 aliphatic heterocycles. The predicted molar refractivity (Wildman–Crippen MR) is 55.9 cm³/mol. The highest BCUT2D eigenvalue weighted by Crippen LogP contribution is 2.27. The Morgan fingerprint density at radius 3 is 2.92 bits per heavy atom. The molecule has 0 aromatic heterocycles. The van der Waals surface area contributed by atoms with Gasteiger partial charge in [0.2, 0.25) is 0 Å². The van der Waals surface area contributed by atoms with E-state index < -0.39 is 0 Å². The van der Waals surface area contributed by atoms with E-state index in [4.69, 9.17) is 17.3 Å². The Balaban J connectivity index is 2.43. The SMILES string of the molecule is CN1CCc2cc(N)c(Cl)cc2C1. The summed E-state index contributed by atoms with van der Waals surface area (Å²) in [6.07, 6.45) is 1.08. The molecule has 1 aromatic rings. The zero-order valence-corrected chi connectivity index (χ0v) is 8.43. The van der Waals surface area contributed by atoms with E-state index in [0.29, 0.717) is 10.7 Å². The van der Waals surface area contributed by atoms with Crippen molar-refractivity contribution in [1.29, 1.82) is 0 Å². The lowest BCUT2D eigenvalue weighted by Crippen LogP contribution is -2.26. The molecule has 13 heavy (non-hydrogen) atoms. The van der Waals surface area contributed by atoms with Gasteiger partial charge in [-0.2, -0.15) is 0 Å². The van der Waals surface area contributed by atoms with Gasteiger partial charge in [-0.1, -0.05) is 11.6 Å². The first-order valence-corrected chi connectivity index (χ1v) is 4.80. The van der Waals surface area contributed by atoms with Crippen molar-refractivity contribution in [2.75, 3.05) is 19.3 Å². The van der Waals surface area contributed by atoms with Gasteiger partial charge in [-0.05, 0) is 36.7 Å². The lowest BCUT2D eigenvalue weighted by atomic mass is 9.99. The van der Waals surface area contributed by atoms with Crippen LogP contribution in [0.25, 0.3) is 0 Å². The number of likely N-dealkylation sites (N-methyl/N-ethyl adjacent to an activating group) is 1. The molecule has 0 fully saturated rings. The Hall–Kier alpha value is -0.730. The van der Waals surface area contributed by atoms with Gasteiger partial charge in [-0.3, -0.25) is 0 Å². The average Bonchev–Trinajstić information content (AvgIpc) is 2.08. The van der Waals surface area contributed by atoms with Gasteiger partial charge >= 0.3 is 0 Å². The van der Waals surface area contributed by atoms with E-state index in [1.54, 1.807) is 0 Å². The zero-order valence-electron chi connectivity index (χ0n) is 7.68. The fraction of sp³-hybridized carbons (Fsp3) is 0.400. The summed E-state index contributed by atoms with van der Waals surface area (Å²) in [5.74, 6) is 0. The zero-order chi connectivity index (χ0) is 9.42. The molecule has 0 saturated carbocycles. The van der Waals surface area contributed by atoms with Crippen LogP contribution in [0.2, 0.25) is 5.02 Å². The third-order valence-corrected chi connectivity index (χ3v) is 2.85. The molecule has 1 aromatic carbocycles. The van der Waals surface area contributed by atoms with E-state index >= 15 is 0 Å². The van der Waals surface area contributed by atoms with Crippen LogP contribution >= 0.6 is 11.6 Å². The molecule has 1 heterocycles. The highest BCUT2D eigenvalue weighted by atomic mass is 35.5. The van der Waals surface area contributed by atoms with Crippen LogP contribution in [0, 0.1) is 0 Å². The monoisotopic (exact) mass is 196 g/mol. The van der Waals surface area contributed by atoms with E-state index in [2.05, 4.69) is 11.9 Å². The minimum atomic E-state index is 0.675. The average molecular weight is 197 g/mol. The van der Waals surface area contributed by atoms with Gasteiger partial charge in [0.25, 0.3) is 0 Å². The largest absolute Gasteiger partial charge is 0.398 e. The lowest BCUT2D eigenvalue weighted by molar-refractivity contribution is 0.313. The first-order chi connectivity index (χ1) is 6.16. The number of anilines is 1. The topological polar surface area (TPSA) is 29.3 Å². The molecule has 2 nitrogen and oxygen atoms in total. The Labute approximate surface area is 83.3 Å². The van der Waals surface area contributed by atoms with Gasteiger partial charge in [-0.25, -0.2) is 0 Å². The Morgan fingerprint density at radius 1 is 1.38 bits per heavy atom. The van der Waals surface area contributed by atoms with Crippen LogP contribution < -0.4 is 5.73 Å². The van der Waals surface area contributed by atoms with Crippen molar-refractivity contribution in [3.05, 3.63) is 28.3 Å². The van der Waals surface area contributed by atoms with E-state index in [0.717, 1.165) is 19.5 Å². The summed E-state index contributed by atoms with van der Waals surface area (Å²) < 4.78 is 0. The van der Waals surface area contributed by atoms with Crippen molar-refractivity contribution in [1.82, 2.24) is 4.90 Å². The second kappa shape index (κ2) is 3.20. The van der Waals surface area contributed by atoms with Crippen molar-refractivity contribution in [2.45, 2.75) is 13.0 Å². The molecule has 0 aliphatic carbocycles. The van der Waals surface area contributed by atoms with E-state index in [1.165, 1.54) is 11.1 Å². The minimum absolute atomic E-state index is 0.675. The normalized spacial score (nSPS) is 17.1. The molecule has 3 heteroatoms. The van der Waals surface area contributed by atoms with Crippen LogP contribution in [0.5, 0.6) is 0 Å². The highest BCUT2D eigenvalue weighted by molar-refractivity contribution is 6.33. The molecule has 0 saturated heterocycles. The summed E-state index contributed by atoms with van der Waals surface area (Å²) in [6.45, 7) is 2.09. The molecular formula is C10H13ClN2. The van der Waals surface area contributed by atoms with Gasteiger partial charge in [0.1, 0.15) is 0 Å². The summed E-state index contributed by atoms with van der Waals surface area (Å²) >= 11 is 5.95.